The first-order chi connectivity index (χ1) is 8.13. The van der Waals surface area contributed by atoms with Gasteiger partial charge < -0.3 is 10.3 Å². The van der Waals surface area contributed by atoms with Crippen LogP contribution in [-0.4, -0.2) is 9.55 Å². The lowest BCUT2D eigenvalue weighted by Gasteiger charge is -2.11. The molecule has 1 aromatic carbocycles. The van der Waals surface area contributed by atoms with E-state index in [4.69, 9.17) is 22.6 Å². The fourth-order valence-corrected chi connectivity index (χ4v) is 1.82. The molecule has 0 amide bonds. The molecule has 1 aromatic heterocycles. The van der Waals surface area contributed by atoms with Crippen LogP contribution in [0.2, 0.25) is 5.02 Å². The summed E-state index contributed by atoms with van der Waals surface area (Å²) in [6.07, 6.45) is 3.40. The number of imidazole rings is 1. The standard InChI is InChI=1S/C12H11ClN4/c1-8(15)12-6-16-7-17(12)10-3-2-9(5-14)11(13)4-10/h2-4,6-8H,15H2,1H3/t8-/m1/s1. The van der Waals surface area contributed by atoms with Crippen LogP contribution in [0.15, 0.2) is 30.7 Å². The van der Waals surface area contributed by atoms with Crippen molar-refractivity contribution in [3.8, 4) is 11.8 Å². The smallest absolute Gasteiger partial charge is 0.101 e. The van der Waals surface area contributed by atoms with Crippen molar-refractivity contribution in [3.63, 3.8) is 0 Å². The van der Waals surface area contributed by atoms with Crippen molar-refractivity contribution in [2.75, 3.05) is 0 Å². The van der Waals surface area contributed by atoms with Gasteiger partial charge >= 0.3 is 0 Å². The van der Waals surface area contributed by atoms with Crippen molar-refractivity contribution in [2.45, 2.75) is 13.0 Å². The Morgan fingerprint density at radius 1 is 1.53 bits per heavy atom. The van der Waals surface area contributed by atoms with E-state index < -0.39 is 0 Å². The highest BCUT2D eigenvalue weighted by molar-refractivity contribution is 6.31. The lowest BCUT2D eigenvalue weighted by atomic mass is 10.2. The summed E-state index contributed by atoms with van der Waals surface area (Å²) in [4.78, 5) is 4.07. The van der Waals surface area contributed by atoms with Gasteiger partial charge in [0.25, 0.3) is 0 Å². The quantitative estimate of drug-likeness (QED) is 0.885. The molecule has 0 spiro atoms. The molecule has 0 unspecified atom stereocenters. The number of hydrogen-bond acceptors (Lipinski definition) is 3. The second-order valence-corrected chi connectivity index (χ2v) is 4.16. The topological polar surface area (TPSA) is 67.6 Å². The van der Waals surface area contributed by atoms with Crippen LogP contribution >= 0.6 is 11.6 Å². The normalized spacial score (nSPS) is 12.1. The van der Waals surface area contributed by atoms with Crippen molar-refractivity contribution in [3.05, 3.63) is 47.0 Å². The van der Waals surface area contributed by atoms with Crippen LogP contribution in [0.1, 0.15) is 24.2 Å². The highest BCUT2D eigenvalue weighted by atomic mass is 35.5. The van der Waals surface area contributed by atoms with Gasteiger partial charge in [0.2, 0.25) is 0 Å². The maximum Gasteiger partial charge on any atom is 0.101 e. The van der Waals surface area contributed by atoms with Gasteiger partial charge in [-0.15, -0.1) is 0 Å². The Morgan fingerprint density at radius 3 is 2.88 bits per heavy atom. The maximum atomic E-state index is 8.81. The molecule has 0 bridgehead atoms. The van der Waals surface area contributed by atoms with Gasteiger partial charge in [-0.1, -0.05) is 11.6 Å². The summed E-state index contributed by atoms with van der Waals surface area (Å²) in [6, 6.07) is 7.14. The Labute approximate surface area is 104 Å². The molecule has 0 radical (unpaired) electrons. The summed E-state index contributed by atoms with van der Waals surface area (Å²) in [5.74, 6) is 0. The summed E-state index contributed by atoms with van der Waals surface area (Å²) < 4.78 is 1.86. The molecule has 1 atom stereocenters. The van der Waals surface area contributed by atoms with E-state index >= 15 is 0 Å². The number of nitrogens with zero attached hydrogens (tertiary/aromatic N) is 3. The van der Waals surface area contributed by atoms with Crippen molar-refractivity contribution >= 4 is 11.6 Å². The minimum atomic E-state index is -0.119. The minimum absolute atomic E-state index is 0.119. The van der Waals surface area contributed by atoms with Gasteiger partial charge in [0.1, 0.15) is 6.07 Å². The highest BCUT2D eigenvalue weighted by Crippen LogP contribution is 2.22. The van der Waals surface area contributed by atoms with Crippen LogP contribution in [0.5, 0.6) is 0 Å². The monoisotopic (exact) mass is 246 g/mol. The Balaban J connectivity index is 2.51. The third kappa shape index (κ3) is 2.16. The van der Waals surface area contributed by atoms with Crippen LogP contribution in [0, 0.1) is 11.3 Å². The first-order valence-electron chi connectivity index (χ1n) is 5.11. The SMILES string of the molecule is C[C@@H](N)c1cncn1-c1ccc(C#N)c(Cl)c1. The molecule has 4 nitrogen and oxygen atoms in total. The zero-order valence-corrected chi connectivity index (χ0v) is 10.0. The van der Waals surface area contributed by atoms with Gasteiger partial charge in [-0.05, 0) is 25.1 Å². The second kappa shape index (κ2) is 4.58. The molecule has 0 saturated heterocycles. The van der Waals surface area contributed by atoms with E-state index in [2.05, 4.69) is 4.98 Å². The van der Waals surface area contributed by atoms with Gasteiger partial charge in [-0.3, -0.25) is 0 Å². The van der Waals surface area contributed by atoms with E-state index in [0.29, 0.717) is 10.6 Å². The molecule has 2 N–H and O–H groups in total. The minimum Gasteiger partial charge on any atom is -0.323 e. The van der Waals surface area contributed by atoms with E-state index in [1.54, 1.807) is 24.7 Å². The number of hydrogen-bond donors (Lipinski definition) is 1. The second-order valence-electron chi connectivity index (χ2n) is 3.75. The number of halogens is 1. The molecular formula is C12H11ClN4. The van der Waals surface area contributed by atoms with Gasteiger partial charge in [0.15, 0.2) is 0 Å². The molecule has 0 fully saturated rings. The number of rotatable bonds is 2. The Morgan fingerprint density at radius 2 is 2.29 bits per heavy atom. The summed E-state index contributed by atoms with van der Waals surface area (Å²) in [7, 11) is 0. The van der Waals surface area contributed by atoms with Crippen molar-refractivity contribution in [1.29, 1.82) is 5.26 Å². The third-order valence-corrected chi connectivity index (χ3v) is 2.80. The average molecular weight is 247 g/mol. The molecule has 86 valence electrons. The maximum absolute atomic E-state index is 8.81. The lowest BCUT2D eigenvalue weighted by molar-refractivity contribution is 0.752. The van der Waals surface area contributed by atoms with Gasteiger partial charge in [-0.25, -0.2) is 4.98 Å². The molecule has 0 saturated carbocycles. The first kappa shape index (κ1) is 11.6. The van der Waals surface area contributed by atoms with E-state index in [1.807, 2.05) is 23.6 Å². The molecule has 0 aliphatic rings. The predicted molar refractivity (Wildman–Crippen MR) is 65.9 cm³/mol. The summed E-state index contributed by atoms with van der Waals surface area (Å²) >= 11 is 5.99. The highest BCUT2D eigenvalue weighted by Gasteiger charge is 2.09. The van der Waals surface area contributed by atoms with Crippen LogP contribution < -0.4 is 5.73 Å². The molecule has 2 aromatic rings. The number of nitrogens with two attached hydrogens (primary N) is 1. The van der Waals surface area contributed by atoms with E-state index in [9.17, 15) is 0 Å². The summed E-state index contributed by atoms with van der Waals surface area (Å²) in [5, 5.41) is 9.23. The van der Waals surface area contributed by atoms with Crippen molar-refractivity contribution in [2.24, 2.45) is 5.73 Å². The average Bonchev–Trinajstić information content (AvgIpc) is 2.77. The van der Waals surface area contributed by atoms with E-state index in [1.165, 1.54) is 0 Å². The van der Waals surface area contributed by atoms with Gasteiger partial charge in [0.05, 0.1) is 28.8 Å². The Kier molecular flexibility index (Phi) is 3.14. The zero-order valence-electron chi connectivity index (χ0n) is 9.26. The van der Waals surface area contributed by atoms with Crippen molar-refractivity contribution < 1.29 is 0 Å². The molecule has 2 rings (SSSR count). The molecule has 1 heterocycles. The Bertz CT molecular complexity index is 580. The molecule has 0 aliphatic heterocycles. The third-order valence-electron chi connectivity index (χ3n) is 2.48. The van der Waals surface area contributed by atoms with Crippen LogP contribution in [0.3, 0.4) is 0 Å². The van der Waals surface area contributed by atoms with Gasteiger partial charge in [-0.2, -0.15) is 5.26 Å². The number of nitriles is 1. The fourth-order valence-electron chi connectivity index (χ4n) is 1.60. The first-order valence-corrected chi connectivity index (χ1v) is 5.49. The summed E-state index contributed by atoms with van der Waals surface area (Å²) in [6.45, 7) is 1.89. The van der Waals surface area contributed by atoms with Crippen molar-refractivity contribution in [1.82, 2.24) is 9.55 Å². The molecule has 0 aliphatic carbocycles. The van der Waals surface area contributed by atoms with Gasteiger partial charge in [0, 0.05) is 11.7 Å². The van der Waals surface area contributed by atoms with E-state index in [-0.39, 0.29) is 6.04 Å². The predicted octanol–water partition coefficient (Wildman–Crippen LogP) is 2.42. The van der Waals surface area contributed by atoms with E-state index in [0.717, 1.165) is 11.4 Å². The fraction of sp³-hybridized carbons (Fsp3) is 0.167. The van der Waals surface area contributed by atoms with Crippen LogP contribution in [0.4, 0.5) is 0 Å². The molecule has 5 heteroatoms. The molecule has 17 heavy (non-hydrogen) atoms. The largest absolute Gasteiger partial charge is 0.323 e. The zero-order chi connectivity index (χ0) is 12.4. The van der Waals surface area contributed by atoms with Crippen LogP contribution in [0.25, 0.3) is 5.69 Å². The number of benzene rings is 1. The Hall–Kier alpha value is -1.83. The number of aromatic nitrogens is 2. The summed E-state index contributed by atoms with van der Waals surface area (Å²) in [5.41, 5.74) is 8.04. The van der Waals surface area contributed by atoms with Crippen LogP contribution in [-0.2, 0) is 0 Å². The molecular weight excluding hydrogens is 236 g/mol. The lowest BCUT2D eigenvalue weighted by Crippen LogP contribution is -2.10.